The fourth-order valence-corrected chi connectivity index (χ4v) is 2.53. The SMILES string of the molecule is Cc1ccc2ccn(Cc3ccc(C)c(C)c3)c2c1. The second kappa shape index (κ2) is 4.58. The number of aromatic nitrogens is 1. The molecule has 19 heavy (non-hydrogen) atoms. The molecule has 0 fully saturated rings. The van der Waals surface area contributed by atoms with Crippen LogP contribution in [0.2, 0.25) is 0 Å². The topological polar surface area (TPSA) is 4.93 Å². The number of nitrogens with zero attached hydrogens (tertiary/aromatic N) is 1. The van der Waals surface area contributed by atoms with E-state index < -0.39 is 0 Å². The number of aryl methyl sites for hydroxylation is 3. The van der Waals surface area contributed by atoms with E-state index >= 15 is 0 Å². The molecule has 1 heteroatoms. The highest BCUT2D eigenvalue weighted by Crippen LogP contribution is 2.19. The Bertz CT molecular complexity index is 735. The minimum Gasteiger partial charge on any atom is -0.343 e. The Morgan fingerprint density at radius 2 is 1.68 bits per heavy atom. The average molecular weight is 249 g/mol. The Labute approximate surface area is 114 Å². The minimum atomic E-state index is 0.939. The van der Waals surface area contributed by atoms with Crippen molar-refractivity contribution in [3.05, 3.63) is 70.9 Å². The lowest BCUT2D eigenvalue weighted by Crippen LogP contribution is -1.98. The van der Waals surface area contributed by atoms with E-state index in [-0.39, 0.29) is 0 Å². The van der Waals surface area contributed by atoms with Crippen LogP contribution in [0, 0.1) is 20.8 Å². The van der Waals surface area contributed by atoms with Gasteiger partial charge in [0.25, 0.3) is 0 Å². The minimum absolute atomic E-state index is 0.939. The van der Waals surface area contributed by atoms with E-state index in [9.17, 15) is 0 Å². The largest absolute Gasteiger partial charge is 0.343 e. The first-order valence-electron chi connectivity index (χ1n) is 6.75. The van der Waals surface area contributed by atoms with Gasteiger partial charge in [-0.25, -0.2) is 0 Å². The molecule has 0 aliphatic carbocycles. The predicted molar refractivity (Wildman–Crippen MR) is 81.7 cm³/mol. The van der Waals surface area contributed by atoms with Crippen LogP contribution in [0.4, 0.5) is 0 Å². The second-order valence-corrected chi connectivity index (χ2v) is 5.42. The van der Waals surface area contributed by atoms with Gasteiger partial charge in [-0.15, -0.1) is 0 Å². The van der Waals surface area contributed by atoms with Gasteiger partial charge in [-0.1, -0.05) is 30.3 Å². The first kappa shape index (κ1) is 12.0. The second-order valence-electron chi connectivity index (χ2n) is 5.42. The molecule has 96 valence electrons. The zero-order valence-corrected chi connectivity index (χ0v) is 11.8. The molecule has 3 rings (SSSR count). The molecule has 2 aromatic carbocycles. The average Bonchev–Trinajstić information content (AvgIpc) is 2.77. The van der Waals surface area contributed by atoms with E-state index in [0.29, 0.717) is 0 Å². The summed E-state index contributed by atoms with van der Waals surface area (Å²) in [6.07, 6.45) is 2.18. The molecule has 0 saturated carbocycles. The van der Waals surface area contributed by atoms with Gasteiger partial charge in [0.05, 0.1) is 0 Å². The summed E-state index contributed by atoms with van der Waals surface area (Å²) < 4.78 is 2.33. The normalized spacial score (nSPS) is 11.1. The van der Waals surface area contributed by atoms with Crippen molar-refractivity contribution < 1.29 is 0 Å². The molecule has 0 amide bonds. The van der Waals surface area contributed by atoms with Gasteiger partial charge in [-0.3, -0.25) is 0 Å². The monoisotopic (exact) mass is 249 g/mol. The van der Waals surface area contributed by atoms with Crippen LogP contribution in [0.25, 0.3) is 10.9 Å². The molecule has 3 aromatic rings. The maximum Gasteiger partial charge on any atom is 0.0486 e. The Morgan fingerprint density at radius 3 is 2.47 bits per heavy atom. The Morgan fingerprint density at radius 1 is 0.842 bits per heavy atom. The highest BCUT2D eigenvalue weighted by molar-refractivity contribution is 5.80. The van der Waals surface area contributed by atoms with Gasteiger partial charge < -0.3 is 4.57 Å². The van der Waals surface area contributed by atoms with Crippen molar-refractivity contribution in [2.45, 2.75) is 27.3 Å². The van der Waals surface area contributed by atoms with Gasteiger partial charge >= 0.3 is 0 Å². The third-order valence-corrected chi connectivity index (χ3v) is 3.85. The lowest BCUT2D eigenvalue weighted by Gasteiger charge is -2.08. The fraction of sp³-hybridized carbons (Fsp3) is 0.222. The summed E-state index contributed by atoms with van der Waals surface area (Å²) in [5.74, 6) is 0. The number of benzene rings is 2. The molecule has 0 N–H and O–H groups in total. The quantitative estimate of drug-likeness (QED) is 0.625. The van der Waals surface area contributed by atoms with Crippen molar-refractivity contribution in [1.82, 2.24) is 4.57 Å². The molecule has 0 bridgehead atoms. The summed E-state index contributed by atoms with van der Waals surface area (Å²) in [7, 11) is 0. The summed E-state index contributed by atoms with van der Waals surface area (Å²) in [5, 5.41) is 1.31. The molecule has 0 unspecified atom stereocenters. The van der Waals surface area contributed by atoms with Crippen LogP contribution in [0.3, 0.4) is 0 Å². The summed E-state index contributed by atoms with van der Waals surface area (Å²) in [4.78, 5) is 0. The van der Waals surface area contributed by atoms with Crippen molar-refractivity contribution >= 4 is 10.9 Å². The van der Waals surface area contributed by atoms with Crippen molar-refractivity contribution in [1.29, 1.82) is 0 Å². The van der Waals surface area contributed by atoms with Gasteiger partial charge in [0.15, 0.2) is 0 Å². The number of hydrogen-bond donors (Lipinski definition) is 0. The van der Waals surface area contributed by atoms with Crippen molar-refractivity contribution in [2.75, 3.05) is 0 Å². The zero-order valence-electron chi connectivity index (χ0n) is 11.8. The third-order valence-electron chi connectivity index (χ3n) is 3.85. The van der Waals surface area contributed by atoms with Gasteiger partial charge in [-0.05, 0) is 60.5 Å². The molecule has 1 nitrogen and oxygen atoms in total. The van der Waals surface area contributed by atoms with Gasteiger partial charge in [0.1, 0.15) is 0 Å². The molecule has 0 aliphatic rings. The molecule has 0 atom stereocenters. The highest BCUT2D eigenvalue weighted by Gasteiger charge is 2.03. The lowest BCUT2D eigenvalue weighted by atomic mass is 10.1. The van der Waals surface area contributed by atoms with Gasteiger partial charge in [-0.2, -0.15) is 0 Å². The Hall–Kier alpha value is -2.02. The molecule has 0 saturated heterocycles. The van der Waals surface area contributed by atoms with Crippen LogP contribution in [-0.4, -0.2) is 4.57 Å². The molecule has 0 radical (unpaired) electrons. The lowest BCUT2D eigenvalue weighted by molar-refractivity contribution is 0.835. The van der Waals surface area contributed by atoms with Crippen molar-refractivity contribution in [3.63, 3.8) is 0 Å². The van der Waals surface area contributed by atoms with Crippen LogP contribution in [0.15, 0.2) is 48.7 Å². The number of rotatable bonds is 2. The molecule has 0 spiro atoms. The molecule has 0 aliphatic heterocycles. The van der Waals surface area contributed by atoms with Crippen LogP contribution in [0.1, 0.15) is 22.3 Å². The fourth-order valence-electron chi connectivity index (χ4n) is 2.53. The first-order valence-corrected chi connectivity index (χ1v) is 6.75. The number of hydrogen-bond acceptors (Lipinski definition) is 0. The van der Waals surface area contributed by atoms with E-state index in [4.69, 9.17) is 0 Å². The van der Waals surface area contributed by atoms with Gasteiger partial charge in [0.2, 0.25) is 0 Å². The van der Waals surface area contributed by atoms with Crippen molar-refractivity contribution in [3.8, 4) is 0 Å². The van der Waals surface area contributed by atoms with Crippen LogP contribution in [-0.2, 0) is 6.54 Å². The smallest absolute Gasteiger partial charge is 0.0486 e. The van der Waals surface area contributed by atoms with Crippen LogP contribution < -0.4 is 0 Å². The molecule has 1 aromatic heterocycles. The molecule has 1 heterocycles. The Balaban J connectivity index is 2.00. The predicted octanol–water partition coefficient (Wildman–Crippen LogP) is 4.61. The van der Waals surface area contributed by atoms with Gasteiger partial charge in [0, 0.05) is 18.3 Å². The number of fused-ring (bicyclic) bond motifs is 1. The van der Waals surface area contributed by atoms with E-state index in [1.165, 1.54) is 33.2 Å². The maximum atomic E-state index is 2.33. The van der Waals surface area contributed by atoms with Crippen LogP contribution in [0.5, 0.6) is 0 Å². The Kier molecular flexibility index (Phi) is 2.90. The molecular formula is C18H19N. The summed E-state index contributed by atoms with van der Waals surface area (Å²) in [6.45, 7) is 7.42. The summed E-state index contributed by atoms with van der Waals surface area (Å²) in [6, 6.07) is 15.5. The van der Waals surface area contributed by atoms with E-state index in [0.717, 1.165) is 6.54 Å². The first-order chi connectivity index (χ1) is 9.13. The summed E-state index contributed by atoms with van der Waals surface area (Å²) >= 11 is 0. The van der Waals surface area contributed by atoms with E-state index in [1.54, 1.807) is 0 Å². The molecular weight excluding hydrogens is 230 g/mol. The zero-order chi connectivity index (χ0) is 13.4. The van der Waals surface area contributed by atoms with E-state index in [2.05, 4.69) is 74.0 Å². The maximum absolute atomic E-state index is 2.33. The standard InChI is InChI=1S/C18H19N/c1-13-4-7-17-8-9-19(18(17)10-13)12-16-6-5-14(2)15(3)11-16/h4-11H,12H2,1-3H3. The van der Waals surface area contributed by atoms with Crippen molar-refractivity contribution in [2.24, 2.45) is 0 Å². The summed E-state index contributed by atoms with van der Waals surface area (Å²) in [5.41, 5.74) is 6.72. The third kappa shape index (κ3) is 2.28. The highest BCUT2D eigenvalue weighted by atomic mass is 14.9. The van der Waals surface area contributed by atoms with Crippen LogP contribution >= 0.6 is 0 Å². The van der Waals surface area contributed by atoms with E-state index in [1.807, 2.05) is 0 Å².